The first kappa shape index (κ1) is 16.7. The SMILES string of the molecule is C=CCN(CCO)C(=O)NC(CC(=O)O)c1ccccc1. The average molecular weight is 292 g/mol. The van der Waals surface area contributed by atoms with Crippen LogP contribution in [0.1, 0.15) is 18.0 Å². The lowest BCUT2D eigenvalue weighted by Crippen LogP contribution is -2.43. The summed E-state index contributed by atoms with van der Waals surface area (Å²) in [5.74, 6) is -0.999. The van der Waals surface area contributed by atoms with Crippen molar-refractivity contribution >= 4 is 12.0 Å². The van der Waals surface area contributed by atoms with Crippen LogP contribution in [0, 0.1) is 0 Å². The largest absolute Gasteiger partial charge is 0.481 e. The van der Waals surface area contributed by atoms with Crippen molar-refractivity contribution in [2.45, 2.75) is 12.5 Å². The van der Waals surface area contributed by atoms with Crippen molar-refractivity contribution in [1.82, 2.24) is 10.2 Å². The third-order valence-corrected chi connectivity index (χ3v) is 2.89. The monoisotopic (exact) mass is 292 g/mol. The van der Waals surface area contributed by atoms with Crippen molar-refractivity contribution < 1.29 is 19.8 Å². The van der Waals surface area contributed by atoms with E-state index >= 15 is 0 Å². The Balaban J connectivity index is 2.82. The molecule has 0 saturated heterocycles. The number of hydrogen-bond acceptors (Lipinski definition) is 3. The van der Waals surface area contributed by atoms with Crippen LogP contribution in [0.2, 0.25) is 0 Å². The van der Waals surface area contributed by atoms with E-state index in [1.165, 1.54) is 4.90 Å². The normalized spacial score (nSPS) is 11.5. The molecule has 0 saturated carbocycles. The molecule has 0 radical (unpaired) electrons. The number of nitrogens with zero attached hydrogens (tertiary/aromatic N) is 1. The van der Waals surface area contributed by atoms with Gasteiger partial charge in [-0.25, -0.2) is 4.79 Å². The highest BCUT2D eigenvalue weighted by atomic mass is 16.4. The predicted octanol–water partition coefficient (Wildman–Crippen LogP) is 1.39. The minimum atomic E-state index is -0.999. The lowest BCUT2D eigenvalue weighted by molar-refractivity contribution is -0.137. The first-order chi connectivity index (χ1) is 10.1. The number of carbonyl (C=O) groups excluding carboxylic acids is 1. The van der Waals surface area contributed by atoms with E-state index in [4.69, 9.17) is 10.2 Å². The molecule has 1 atom stereocenters. The van der Waals surface area contributed by atoms with Gasteiger partial charge in [0.25, 0.3) is 0 Å². The zero-order chi connectivity index (χ0) is 15.7. The predicted molar refractivity (Wildman–Crippen MR) is 78.8 cm³/mol. The quantitative estimate of drug-likeness (QED) is 0.632. The molecular weight excluding hydrogens is 272 g/mol. The number of carbonyl (C=O) groups is 2. The van der Waals surface area contributed by atoms with Crippen LogP contribution in [0.5, 0.6) is 0 Å². The van der Waals surface area contributed by atoms with Gasteiger partial charge >= 0.3 is 12.0 Å². The Bertz CT molecular complexity index is 476. The molecule has 0 fully saturated rings. The minimum absolute atomic E-state index is 0.159. The molecule has 0 heterocycles. The summed E-state index contributed by atoms with van der Waals surface area (Å²) < 4.78 is 0. The van der Waals surface area contributed by atoms with Crippen LogP contribution in [-0.2, 0) is 4.79 Å². The van der Waals surface area contributed by atoms with Crippen molar-refractivity contribution in [3.63, 3.8) is 0 Å². The van der Waals surface area contributed by atoms with Gasteiger partial charge in [0.05, 0.1) is 19.1 Å². The number of rotatable bonds is 8. The van der Waals surface area contributed by atoms with Crippen LogP contribution in [0.4, 0.5) is 4.79 Å². The third-order valence-electron chi connectivity index (χ3n) is 2.89. The van der Waals surface area contributed by atoms with Gasteiger partial charge in [-0.1, -0.05) is 36.4 Å². The molecule has 6 nitrogen and oxygen atoms in total. The molecule has 0 aliphatic heterocycles. The number of urea groups is 1. The summed E-state index contributed by atoms with van der Waals surface area (Å²) in [5.41, 5.74) is 0.718. The van der Waals surface area contributed by atoms with E-state index in [-0.39, 0.29) is 26.1 Å². The zero-order valence-electron chi connectivity index (χ0n) is 11.7. The molecule has 21 heavy (non-hydrogen) atoms. The molecule has 0 aliphatic carbocycles. The summed E-state index contributed by atoms with van der Waals surface area (Å²) in [5, 5.41) is 20.6. The Morgan fingerprint density at radius 3 is 2.52 bits per heavy atom. The van der Waals surface area contributed by atoms with Crippen LogP contribution < -0.4 is 5.32 Å². The van der Waals surface area contributed by atoms with Crippen molar-refractivity contribution in [2.24, 2.45) is 0 Å². The van der Waals surface area contributed by atoms with Gasteiger partial charge in [-0.15, -0.1) is 6.58 Å². The molecule has 1 rings (SSSR count). The first-order valence-electron chi connectivity index (χ1n) is 6.62. The van der Waals surface area contributed by atoms with Gasteiger partial charge in [-0.2, -0.15) is 0 Å². The number of amides is 2. The standard InChI is InChI=1S/C15H20N2O4/c1-2-8-17(9-10-18)15(21)16-13(11-14(19)20)12-6-4-3-5-7-12/h2-7,13,18H,1,8-11H2,(H,16,21)(H,19,20). The van der Waals surface area contributed by atoms with Gasteiger partial charge in [0.2, 0.25) is 0 Å². The summed E-state index contributed by atoms with van der Waals surface area (Å²) in [6, 6.07) is 7.85. The van der Waals surface area contributed by atoms with Gasteiger partial charge in [-0.3, -0.25) is 4.79 Å². The van der Waals surface area contributed by atoms with Crippen molar-refractivity contribution in [2.75, 3.05) is 19.7 Å². The van der Waals surface area contributed by atoms with Crippen LogP contribution in [0.25, 0.3) is 0 Å². The molecule has 0 aromatic heterocycles. The highest BCUT2D eigenvalue weighted by Gasteiger charge is 2.20. The molecule has 0 bridgehead atoms. The molecule has 6 heteroatoms. The number of carboxylic acids is 1. The van der Waals surface area contributed by atoms with E-state index in [0.717, 1.165) is 5.56 Å². The summed E-state index contributed by atoms with van der Waals surface area (Å²) in [6.07, 6.45) is 1.33. The van der Waals surface area contributed by atoms with Crippen molar-refractivity contribution in [3.8, 4) is 0 Å². The van der Waals surface area contributed by atoms with E-state index in [1.807, 2.05) is 6.07 Å². The average Bonchev–Trinajstić information content (AvgIpc) is 2.46. The lowest BCUT2D eigenvalue weighted by atomic mass is 10.0. The summed E-state index contributed by atoms with van der Waals surface area (Å²) in [7, 11) is 0. The van der Waals surface area contributed by atoms with Crippen LogP contribution >= 0.6 is 0 Å². The number of benzene rings is 1. The number of aliphatic hydroxyl groups excluding tert-OH is 1. The third kappa shape index (κ3) is 5.66. The second-order valence-electron chi connectivity index (χ2n) is 4.47. The Kier molecular flexibility index (Phi) is 6.97. The van der Waals surface area contributed by atoms with E-state index in [2.05, 4.69) is 11.9 Å². The van der Waals surface area contributed by atoms with E-state index in [1.54, 1.807) is 30.3 Å². The molecular formula is C15H20N2O4. The maximum Gasteiger partial charge on any atom is 0.318 e. The Labute approximate surface area is 123 Å². The van der Waals surface area contributed by atoms with Crippen LogP contribution in [0.15, 0.2) is 43.0 Å². The van der Waals surface area contributed by atoms with Crippen LogP contribution in [-0.4, -0.2) is 46.8 Å². The second-order valence-corrected chi connectivity index (χ2v) is 4.47. The Morgan fingerprint density at radius 1 is 1.33 bits per heavy atom. The fourth-order valence-electron chi connectivity index (χ4n) is 1.90. The van der Waals surface area contributed by atoms with Gasteiger partial charge < -0.3 is 20.4 Å². The van der Waals surface area contributed by atoms with Crippen molar-refractivity contribution in [3.05, 3.63) is 48.6 Å². The fourth-order valence-corrected chi connectivity index (χ4v) is 1.90. The molecule has 0 spiro atoms. The maximum absolute atomic E-state index is 12.2. The number of carboxylic acid groups (broad SMARTS) is 1. The highest BCUT2D eigenvalue weighted by molar-refractivity contribution is 5.76. The molecule has 3 N–H and O–H groups in total. The molecule has 1 aromatic rings. The van der Waals surface area contributed by atoms with Gasteiger partial charge in [0.1, 0.15) is 0 Å². The van der Waals surface area contributed by atoms with E-state index in [0.29, 0.717) is 0 Å². The minimum Gasteiger partial charge on any atom is -0.481 e. The molecule has 2 amide bonds. The number of aliphatic carboxylic acids is 1. The highest BCUT2D eigenvalue weighted by Crippen LogP contribution is 2.16. The first-order valence-corrected chi connectivity index (χ1v) is 6.62. The van der Waals surface area contributed by atoms with Gasteiger partial charge in [0.15, 0.2) is 0 Å². The molecule has 0 aliphatic rings. The fraction of sp³-hybridized carbons (Fsp3) is 0.333. The molecule has 114 valence electrons. The summed E-state index contributed by atoms with van der Waals surface area (Å²) in [4.78, 5) is 24.5. The lowest BCUT2D eigenvalue weighted by Gasteiger charge is -2.24. The Morgan fingerprint density at radius 2 is 2.00 bits per heavy atom. The van der Waals surface area contributed by atoms with E-state index < -0.39 is 18.0 Å². The number of aliphatic hydroxyl groups is 1. The molecule has 1 unspecified atom stereocenters. The second kappa shape index (κ2) is 8.76. The van der Waals surface area contributed by atoms with Gasteiger partial charge in [0, 0.05) is 13.1 Å². The zero-order valence-corrected chi connectivity index (χ0v) is 11.7. The van der Waals surface area contributed by atoms with Gasteiger partial charge in [-0.05, 0) is 5.56 Å². The number of nitrogens with one attached hydrogen (secondary N) is 1. The van der Waals surface area contributed by atoms with E-state index in [9.17, 15) is 9.59 Å². The number of hydrogen-bond donors (Lipinski definition) is 3. The van der Waals surface area contributed by atoms with Crippen LogP contribution in [0.3, 0.4) is 0 Å². The summed E-state index contributed by atoms with van der Waals surface area (Å²) in [6.45, 7) is 3.82. The molecule has 1 aromatic carbocycles. The Hall–Kier alpha value is -2.34. The van der Waals surface area contributed by atoms with Crippen molar-refractivity contribution in [1.29, 1.82) is 0 Å². The maximum atomic E-state index is 12.2. The topological polar surface area (TPSA) is 89.9 Å². The smallest absolute Gasteiger partial charge is 0.318 e. The summed E-state index contributed by atoms with van der Waals surface area (Å²) >= 11 is 0.